The molecular weight excluding hydrogens is 536 g/mol. The van der Waals surface area contributed by atoms with E-state index in [-0.39, 0.29) is 0 Å². The molecule has 0 saturated heterocycles. The van der Waals surface area contributed by atoms with Gasteiger partial charge in [-0.2, -0.15) is 0 Å². The second kappa shape index (κ2) is 9.82. The first-order chi connectivity index (χ1) is 21.8. The molecule has 0 aliphatic carbocycles. The van der Waals surface area contributed by atoms with Gasteiger partial charge in [-0.05, 0) is 92.0 Å². The van der Waals surface area contributed by atoms with E-state index in [1.807, 2.05) is 12.1 Å². The van der Waals surface area contributed by atoms with Gasteiger partial charge in [-0.25, -0.2) is 4.98 Å². The molecule has 0 saturated carbocycles. The normalized spacial score (nSPS) is 11.6. The van der Waals surface area contributed by atoms with E-state index in [2.05, 4.69) is 149 Å². The Morgan fingerprint density at radius 2 is 1.14 bits per heavy atom. The van der Waals surface area contributed by atoms with Gasteiger partial charge in [0.1, 0.15) is 5.58 Å². The van der Waals surface area contributed by atoms with Gasteiger partial charge >= 0.3 is 0 Å². The Balaban J connectivity index is 1.33. The van der Waals surface area contributed by atoms with Gasteiger partial charge in [-0.1, -0.05) is 103 Å². The number of hydrogen-bond acceptors (Lipinski definition) is 3. The van der Waals surface area contributed by atoms with E-state index in [4.69, 9.17) is 4.42 Å². The minimum atomic E-state index is 0.644. The number of fused-ring (bicyclic) bond motifs is 8. The van der Waals surface area contributed by atoms with Crippen molar-refractivity contribution in [1.82, 2.24) is 4.98 Å². The second-order valence-corrected chi connectivity index (χ2v) is 11.2. The van der Waals surface area contributed by atoms with Crippen molar-refractivity contribution in [1.29, 1.82) is 0 Å². The van der Waals surface area contributed by atoms with Crippen LogP contribution < -0.4 is 4.90 Å². The van der Waals surface area contributed by atoms with E-state index in [0.29, 0.717) is 5.71 Å². The van der Waals surface area contributed by atoms with Gasteiger partial charge in [0.15, 0.2) is 0 Å². The molecule has 7 aromatic carbocycles. The molecule has 0 amide bonds. The third kappa shape index (κ3) is 3.87. The molecule has 206 valence electrons. The summed E-state index contributed by atoms with van der Waals surface area (Å²) in [4.78, 5) is 6.88. The molecule has 2 heterocycles. The van der Waals surface area contributed by atoms with Gasteiger partial charge in [-0.15, -0.1) is 0 Å². The number of benzene rings is 7. The van der Waals surface area contributed by atoms with Crippen LogP contribution in [0.1, 0.15) is 0 Å². The second-order valence-electron chi connectivity index (χ2n) is 11.2. The van der Waals surface area contributed by atoms with Crippen LogP contribution >= 0.6 is 0 Å². The van der Waals surface area contributed by atoms with Crippen LogP contribution in [0.4, 0.5) is 17.1 Å². The Hall–Kier alpha value is -5.93. The van der Waals surface area contributed by atoms with Crippen LogP contribution in [0.2, 0.25) is 0 Å². The summed E-state index contributed by atoms with van der Waals surface area (Å²) in [6, 6.07) is 54.1. The van der Waals surface area contributed by atoms with E-state index in [1.165, 1.54) is 43.4 Å². The quantitative estimate of drug-likeness (QED) is 0.200. The number of hydrogen-bond donors (Lipinski definition) is 0. The van der Waals surface area contributed by atoms with Gasteiger partial charge in [0.25, 0.3) is 0 Å². The lowest BCUT2D eigenvalue weighted by atomic mass is 9.96. The van der Waals surface area contributed by atoms with Crippen LogP contribution in [-0.4, -0.2) is 4.98 Å². The summed E-state index contributed by atoms with van der Waals surface area (Å²) in [7, 11) is 0. The summed E-state index contributed by atoms with van der Waals surface area (Å²) < 4.78 is 6.23. The van der Waals surface area contributed by atoms with Gasteiger partial charge in [0.05, 0.1) is 16.5 Å². The van der Waals surface area contributed by atoms with Crippen molar-refractivity contribution >= 4 is 71.4 Å². The van der Waals surface area contributed by atoms with Crippen LogP contribution in [0.15, 0.2) is 162 Å². The highest BCUT2D eigenvalue weighted by molar-refractivity contribution is 6.21. The fraction of sp³-hybridized carbons (Fsp3) is 0. The topological polar surface area (TPSA) is 29.3 Å². The Morgan fingerprint density at radius 1 is 0.455 bits per heavy atom. The zero-order valence-corrected chi connectivity index (χ0v) is 23.8. The fourth-order valence-electron chi connectivity index (χ4n) is 6.64. The largest absolute Gasteiger partial charge is 0.438 e. The van der Waals surface area contributed by atoms with Crippen LogP contribution in [0.5, 0.6) is 0 Å². The van der Waals surface area contributed by atoms with Crippen LogP contribution in [0, 0.1) is 0 Å². The van der Waals surface area contributed by atoms with E-state index >= 15 is 0 Å². The molecule has 0 unspecified atom stereocenters. The maximum Gasteiger partial charge on any atom is 0.227 e. The van der Waals surface area contributed by atoms with Crippen molar-refractivity contribution < 1.29 is 4.42 Å². The predicted molar refractivity (Wildman–Crippen MR) is 184 cm³/mol. The smallest absolute Gasteiger partial charge is 0.227 e. The van der Waals surface area contributed by atoms with Crippen molar-refractivity contribution in [2.75, 3.05) is 4.90 Å². The summed E-state index contributed by atoms with van der Waals surface area (Å²) >= 11 is 0. The number of aromatic nitrogens is 1. The lowest BCUT2D eigenvalue weighted by Crippen LogP contribution is -2.10. The minimum Gasteiger partial charge on any atom is -0.438 e. The van der Waals surface area contributed by atoms with Crippen LogP contribution in [0.25, 0.3) is 65.5 Å². The van der Waals surface area contributed by atoms with Crippen molar-refractivity contribution in [2.45, 2.75) is 0 Å². The van der Waals surface area contributed by atoms with Gasteiger partial charge < -0.3 is 9.32 Å². The molecule has 3 heteroatoms. The lowest BCUT2D eigenvalue weighted by Gasteiger charge is -2.27. The Morgan fingerprint density at radius 3 is 2.00 bits per heavy atom. The first kappa shape index (κ1) is 24.6. The highest BCUT2D eigenvalue weighted by atomic mass is 16.3. The number of pyridine rings is 1. The zero-order valence-electron chi connectivity index (χ0n) is 23.8. The lowest BCUT2D eigenvalue weighted by molar-refractivity contribution is 0.654. The summed E-state index contributed by atoms with van der Waals surface area (Å²) in [6.07, 6.45) is 1.78. The highest BCUT2D eigenvalue weighted by Gasteiger charge is 2.20. The Bertz CT molecular complexity index is 2490. The number of rotatable bonds is 4. The van der Waals surface area contributed by atoms with E-state index < -0.39 is 0 Å². The standard InChI is InChI=1S/C41H26N2O/c1-2-8-27(9-3-1)28-19-22-32(23-20-28)43(37-13-6-14-38-40(37)35-12-7-25-42-41(35)44-38)33-24-21-30-16-18-31-17-15-29-10-4-5-11-34(29)39(31)36(30)26-33/h1-26H. The first-order valence-electron chi connectivity index (χ1n) is 14.9. The SMILES string of the molecule is c1ccc(-c2ccc(N(c3ccc4ccc5ccc6ccccc6c5c4c3)c3cccc4oc5ncccc5c34)cc2)cc1. The minimum absolute atomic E-state index is 0.644. The van der Waals surface area contributed by atoms with E-state index in [9.17, 15) is 0 Å². The molecule has 9 rings (SSSR count). The third-order valence-corrected chi connectivity index (χ3v) is 8.69. The number of anilines is 3. The molecule has 0 bridgehead atoms. The molecular formula is C41H26N2O. The van der Waals surface area contributed by atoms with E-state index in [0.717, 1.165) is 33.4 Å². The summed E-state index contributed by atoms with van der Waals surface area (Å²) in [5, 5.41) is 9.52. The molecule has 44 heavy (non-hydrogen) atoms. The molecule has 0 spiro atoms. The number of furan rings is 1. The Labute approximate surface area is 254 Å². The van der Waals surface area contributed by atoms with Crippen molar-refractivity contribution in [3.8, 4) is 11.1 Å². The zero-order chi connectivity index (χ0) is 29.0. The third-order valence-electron chi connectivity index (χ3n) is 8.69. The first-order valence-corrected chi connectivity index (χ1v) is 14.9. The van der Waals surface area contributed by atoms with Crippen LogP contribution in [0.3, 0.4) is 0 Å². The molecule has 0 radical (unpaired) electrons. The van der Waals surface area contributed by atoms with E-state index in [1.54, 1.807) is 6.20 Å². The van der Waals surface area contributed by atoms with Gasteiger partial charge in [-0.3, -0.25) is 0 Å². The maximum atomic E-state index is 6.23. The van der Waals surface area contributed by atoms with Crippen molar-refractivity contribution in [2.24, 2.45) is 0 Å². The predicted octanol–water partition coefficient (Wildman–Crippen LogP) is 11.6. The van der Waals surface area contributed by atoms with Crippen LogP contribution in [-0.2, 0) is 0 Å². The summed E-state index contributed by atoms with van der Waals surface area (Å²) in [5.41, 5.74) is 7.04. The summed E-state index contributed by atoms with van der Waals surface area (Å²) in [5.74, 6) is 0. The highest BCUT2D eigenvalue weighted by Crippen LogP contribution is 2.44. The maximum absolute atomic E-state index is 6.23. The van der Waals surface area contributed by atoms with Crippen molar-refractivity contribution in [3.63, 3.8) is 0 Å². The summed E-state index contributed by atoms with van der Waals surface area (Å²) in [6.45, 7) is 0. The average molecular weight is 563 g/mol. The molecule has 0 aliphatic heterocycles. The molecule has 0 aliphatic rings. The number of nitrogens with zero attached hydrogens (tertiary/aromatic N) is 2. The fourth-order valence-corrected chi connectivity index (χ4v) is 6.64. The Kier molecular flexibility index (Phi) is 5.50. The van der Waals surface area contributed by atoms with Gasteiger partial charge in [0.2, 0.25) is 5.71 Å². The molecule has 0 atom stereocenters. The molecule has 0 N–H and O–H groups in total. The average Bonchev–Trinajstić information content (AvgIpc) is 3.48. The molecule has 9 aromatic rings. The monoisotopic (exact) mass is 562 g/mol. The molecule has 0 fully saturated rings. The van der Waals surface area contributed by atoms with Gasteiger partial charge in [0, 0.05) is 17.6 Å². The molecule has 3 nitrogen and oxygen atoms in total. The molecule has 2 aromatic heterocycles. The van der Waals surface area contributed by atoms with Crippen molar-refractivity contribution in [3.05, 3.63) is 158 Å².